The molecule has 0 saturated carbocycles. The van der Waals surface area contributed by atoms with Gasteiger partial charge in [0, 0.05) is 45.8 Å². The van der Waals surface area contributed by atoms with Crippen LogP contribution in [-0.2, 0) is 22.6 Å². The number of hydrogen-bond acceptors (Lipinski definition) is 3. The van der Waals surface area contributed by atoms with Gasteiger partial charge in [-0.1, -0.05) is 24.3 Å². The third-order valence-corrected chi connectivity index (χ3v) is 4.54. The number of aliphatic imine (C=N–C) groups is 1. The molecule has 1 amide bonds. The second kappa shape index (κ2) is 12.3. The maximum absolute atomic E-state index is 11.7. The van der Waals surface area contributed by atoms with Crippen LogP contribution in [0.15, 0.2) is 29.3 Å². The van der Waals surface area contributed by atoms with E-state index in [9.17, 15) is 4.79 Å². The van der Waals surface area contributed by atoms with Crippen molar-refractivity contribution in [2.24, 2.45) is 4.99 Å². The van der Waals surface area contributed by atoms with E-state index in [1.54, 1.807) is 0 Å². The van der Waals surface area contributed by atoms with Gasteiger partial charge < -0.3 is 20.3 Å². The van der Waals surface area contributed by atoms with Crippen molar-refractivity contribution in [1.82, 2.24) is 15.5 Å². The first-order valence-electron chi connectivity index (χ1n) is 10.2. The minimum atomic E-state index is 0.270. The Hall–Kier alpha value is -2.08. The summed E-state index contributed by atoms with van der Waals surface area (Å²) in [5.41, 5.74) is 2.34. The number of likely N-dealkylation sites (tertiary alicyclic amines) is 1. The van der Waals surface area contributed by atoms with Crippen molar-refractivity contribution in [3.8, 4) is 0 Å². The molecule has 0 aliphatic carbocycles. The molecule has 1 aliphatic rings. The number of carbonyl (C=O) groups excluding carboxylic acids is 1. The second-order valence-corrected chi connectivity index (χ2v) is 6.76. The highest BCUT2D eigenvalue weighted by molar-refractivity contribution is 5.79. The fourth-order valence-electron chi connectivity index (χ4n) is 3.03. The van der Waals surface area contributed by atoms with Crippen LogP contribution in [0, 0.1) is 0 Å². The van der Waals surface area contributed by atoms with Crippen LogP contribution in [0.3, 0.4) is 0 Å². The Morgan fingerprint density at radius 1 is 1.15 bits per heavy atom. The topological polar surface area (TPSA) is 66.0 Å². The van der Waals surface area contributed by atoms with Crippen LogP contribution in [0.2, 0.25) is 0 Å². The summed E-state index contributed by atoms with van der Waals surface area (Å²) >= 11 is 0. The molecular formula is C21H34N4O2. The summed E-state index contributed by atoms with van der Waals surface area (Å²) in [6.45, 7) is 9.66. The number of hydrogen-bond donors (Lipinski definition) is 2. The van der Waals surface area contributed by atoms with Gasteiger partial charge in [0.25, 0.3) is 0 Å². The van der Waals surface area contributed by atoms with Crippen molar-refractivity contribution in [1.29, 1.82) is 0 Å². The van der Waals surface area contributed by atoms with Gasteiger partial charge in [-0.15, -0.1) is 0 Å². The summed E-state index contributed by atoms with van der Waals surface area (Å²) in [7, 11) is 0. The Morgan fingerprint density at radius 3 is 2.59 bits per heavy atom. The molecule has 6 nitrogen and oxygen atoms in total. The largest absolute Gasteiger partial charge is 0.382 e. The number of benzene rings is 1. The Labute approximate surface area is 163 Å². The molecule has 0 atom stereocenters. The van der Waals surface area contributed by atoms with Crippen molar-refractivity contribution in [3.63, 3.8) is 0 Å². The zero-order chi connectivity index (χ0) is 19.3. The molecule has 6 heteroatoms. The Bertz CT molecular complexity index is 586. The molecular weight excluding hydrogens is 340 g/mol. The van der Waals surface area contributed by atoms with Crippen LogP contribution < -0.4 is 10.6 Å². The van der Waals surface area contributed by atoms with Gasteiger partial charge in [0.05, 0.1) is 6.54 Å². The van der Waals surface area contributed by atoms with E-state index in [1.165, 1.54) is 11.1 Å². The second-order valence-electron chi connectivity index (χ2n) is 6.76. The predicted octanol–water partition coefficient (Wildman–Crippen LogP) is 2.68. The van der Waals surface area contributed by atoms with Crippen molar-refractivity contribution >= 4 is 11.9 Å². The van der Waals surface area contributed by atoms with Gasteiger partial charge in [0.2, 0.25) is 5.91 Å². The van der Waals surface area contributed by atoms with Gasteiger partial charge in [-0.2, -0.15) is 0 Å². The number of nitrogens with zero attached hydrogens (tertiary/aromatic N) is 2. The lowest BCUT2D eigenvalue weighted by atomic mass is 10.1. The van der Waals surface area contributed by atoms with Crippen molar-refractivity contribution < 1.29 is 9.53 Å². The summed E-state index contributed by atoms with van der Waals surface area (Å²) in [6, 6.07) is 8.41. The van der Waals surface area contributed by atoms with Gasteiger partial charge in [0.1, 0.15) is 0 Å². The smallest absolute Gasteiger partial charge is 0.222 e. The number of rotatable bonds is 11. The van der Waals surface area contributed by atoms with Crippen LogP contribution in [0.1, 0.15) is 50.7 Å². The molecule has 1 heterocycles. The average Bonchev–Trinajstić information content (AvgIpc) is 3.08. The molecule has 0 spiro atoms. The molecule has 0 bridgehead atoms. The first-order valence-corrected chi connectivity index (χ1v) is 10.2. The lowest BCUT2D eigenvalue weighted by molar-refractivity contribution is -0.128. The molecule has 0 unspecified atom stereocenters. The molecule has 1 aromatic carbocycles. The Kier molecular flexibility index (Phi) is 9.69. The van der Waals surface area contributed by atoms with Gasteiger partial charge in [-0.3, -0.25) is 4.79 Å². The highest BCUT2D eigenvalue weighted by atomic mass is 16.5. The lowest BCUT2D eigenvalue weighted by Gasteiger charge is -2.15. The minimum Gasteiger partial charge on any atom is -0.382 e. The molecule has 1 saturated heterocycles. The van der Waals surface area contributed by atoms with Gasteiger partial charge >= 0.3 is 0 Å². The van der Waals surface area contributed by atoms with E-state index in [0.717, 1.165) is 58.1 Å². The quantitative estimate of drug-likeness (QED) is 0.355. The molecule has 1 aliphatic heterocycles. The van der Waals surface area contributed by atoms with Gasteiger partial charge in [0.15, 0.2) is 5.96 Å². The molecule has 27 heavy (non-hydrogen) atoms. The molecule has 0 radical (unpaired) electrons. The van der Waals surface area contributed by atoms with E-state index in [-0.39, 0.29) is 5.91 Å². The van der Waals surface area contributed by atoms with Crippen molar-refractivity contribution in [2.45, 2.75) is 52.6 Å². The zero-order valence-corrected chi connectivity index (χ0v) is 16.8. The Balaban J connectivity index is 1.77. The molecule has 0 aromatic heterocycles. The fourth-order valence-corrected chi connectivity index (χ4v) is 3.03. The highest BCUT2D eigenvalue weighted by Crippen LogP contribution is 2.15. The maximum atomic E-state index is 11.7. The van der Waals surface area contributed by atoms with Crippen LogP contribution in [0.5, 0.6) is 0 Å². The lowest BCUT2D eigenvalue weighted by Crippen LogP contribution is -2.37. The highest BCUT2D eigenvalue weighted by Gasteiger charge is 2.19. The summed E-state index contributed by atoms with van der Waals surface area (Å²) in [5, 5.41) is 6.65. The van der Waals surface area contributed by atoms with E-state index >= 15 is 0 Å². The van der Waals surface area contributed by atoms with Crippen LogP contribution >= 0.6 is 0 Å². The monoisotopic (exact) mass is 374 g/mol. The third-order valence-electron chi connectivity index (χ3n) is 4.54. The van der Waals surface area contributed by atoms with Gasteiger partial charge in [-0.25, -0.2) is 4.99 Å². The van der Waals surface area contributed by atoms with E-state index < -0.39 is 0 Å². The summed E-state index contributed by atoms with van der Waals surface area (Å²) in [5.74, 6) is 1.12. The van der Waals surface area contributed by atoms with E-state index in [4.69, 9.17) is 4.74 Å². The summed E-state index contributed by atoms with van der Waals surface area (Å²) < 4.78 is 5.36. The Morgan fingerprint density at radius 2 is 1.93 bits per heavy atom. The number of carbonyl (C=O) groups is 1. The van der Waals surface area contributed by atoms with Crippen LogP contribution in [-0.4, -0.2) is 49.6 Å². The van der Waals surface area contributed by atoms with E-state index in [2.05, 4.69) is 46.8 Å². The summed E-state index contributed by atoms with van der Waals surface area (Å²) in [4.78, 5) is 18.3. The van der Waals surface area contributed by atoms with Crippen LogP contribution in [0.4, 0.5) is 0 Å². The fraction of sp³-hybridized carbons (Fsp3) is 0.619. The minimum absolute atomic E-state index is 0.270. The van der Waals surface area contributed by atoms with E-state index in [1.807, 2.05) is 11.8 Å². The van der Waals surface area contributed by atoms with E-state index in [0.29, 0.717) is 19.5 Å². The third kappa shape index (κ3) is 7.99. The first-order chi connectivity index (χ1) is 13.2. The standard InChI is InChI=1S/C21H34N4O2/c1-3-22-21(23-13-5-6-15-27-4-2)24-16-18-9-11-19(12-10-18)17-25-14-7-8-20(25)26/h9-12H,3-8,13-17H2,1-2H3,(H2,22,23,24). The molecule has 2 rings (SSSR count). The number of unbranched alkanes of at least 4 members (excludes halogenated alkanes) is 1. The summed E-state index contributed by atoms with van der Waals surface area (Å²) in [6.07, 6.45) is 3.80. The molecule has 2 N–H and O–H groups in total. The van der Waals surface area contributed by atoms with Gasteiger partial charge in [-0.05, 0) is 44.2 Å². The average molecular weight is 375 g/mol. The van der Waals surface area contributed by atoms with Crippen molar-refractivity contribution in [2.75, 3.05) is 32.8 Å². The zero-order valence-electron chi connectivity index (χ0n) is 16.8. The first kappa shape index (κ1) is 21.2. The SMILES string of the molecule is CCNC(=NCc1ccc(CN2CCCC2=O)cc1)NCCCCOCC. The molecule has 1 aromatic rings. The molecule has 150 valence electrons. The van der Waals surface area contributed by atoms with Crippen LogP contribution in [0.25, 0.3) is 0 Å². The number of guanidine groups is 1. The normalized spacial score (nSPS) is 14.7. The maximum Gasteiger partial charge on any atom is 0.222 e. The number of ether oxygens (including phenoxy) is 1. The predicted molar refractivity (Wildman–Crippen MR) is 110 cm³/mol. The number of nitrogens with one attached hydrogen (secondary N) is 2. The van der Waals surface area contributed by atoms with Crippen molar-refractivity contribution in [3.05, 3.63) is 35.4 Å². The number of amides is 1. The molecule has 1 fully saturated rings.